The molecule has 0 atom stereocenters. The summed E-state index contributed by atoms with van der Waals surface area (Å²) in [6.07, 6.45) is 2.19. The monoisotopic (exact) mass is 281 g/mol. The van der Waals surface area contributed by atoms with Crippen LogP contribution in [0, 0.1) is 5.92 Å². The molecule has 1 saturated carbocycles. The molecule has 1 N–H and O–H groups in total. The molecule has 0 spiro atoms. The molecule has 2 aromatic rings. The molecule has 21 heavy (non-hydrogen) atoms. The van der Waals surface area contributed by atoms with Crippen LogP contribution in [0.15, 0.2) is 54.6 Å². The first-order chi connectivity index (χ1) is 10.2. The molecule has 0 heterocycles. The van der Waals surface area contributed by atoms with Gasteiger partial charge in [-0.3, -0.25) is 4.79 Å². The molecule has 1 aliphatic rings. The number of amides is 1. The van der Waals surface area contributed by atoms with E-state index in [4.69, 9.17) is 4.74 Å². The zero-order valence-corrected chi connectivity index (χ0v) is 12.0. The molecule has 2 aromatic carbocycles. The van der Waals surface area contributed by atoms with Gasteiger partial charge in [0.15, 0.2) is 0 Å². The number of rotatable bonds is 6. The van der Waals surface area contributed by atoms with Crippen molar-refractivity contribution in [2.24, 2.45) is 5.92 Å². The Kier molecular flexibility index (Phi) is 3.91. The molecule has 3 nitrogen and oxygen atoms in total. The first-order valence-electron chi connectivity index (χ1n) is 7.32. The lowest BCUT2D eigenvalue weighted by molar-refractivity contribution is -0.117. The maximum atomic E-state index is 11.7. The van der Waals surface area contributed by atoms with Crippen LogP contribution in [0.1, 0.15) is 12.8 Å². The van der Waals surface area contributed by atoms with Crippen LogP contribution in [0.25, 0.3) is 10.8 Å². The summed E-state index contributed by atoms with van der Waals surface area (Å²) in [5, 5.41) is 5.19. The molecule has 0 aliphatic heterocycles. The molecule has 0 aromatic heterocycles. The van der Waals surface area contributed by atoms with Gasteiger partial charge in [0, 0.05) is 5.57 Å². The minimum Gasteiger partial charge on any atom is -0.492 e. The molecule has 0 bridgehead atoms. The fourth-order valence-corrected chi connectivity index (χ4v) is 2.32. The fourth-order valence-electron chi connectivity index (χ4n) is 2.32. The Morgan fingerprint density at radius 2 is 1.95 bits per heavy atom. The van der Waals surface area contributed by atoms with Gasteiger partial charge in [-0.25, -0.2) is 0 Å². The second kappa shape index (κ2) is 6.00. The number of hydrogen-bond donors (Lipinski definition) is 1. The molecule has 1 amide bonds. The lowest BCUT2D eigenvalue weighted by atomic mass is 10.1. The largest absolute Gasteiger partial charge is 0.492 e. The zero-order chi connectivity index (χ0) is 14.7. The second-order valence-corrected chi connectivity index (χ2v) is 5.41. The summed E-state index contributed by atoms with van der Waals surface area (Å²) in [5.74, 6) is 1.19. The van der Waals surface area contributed by atoms with Crippen molar-refractivity contribution in [3.8, 4) is 5.75 Å². The first-order valence-corrected chi connectivity index (χ1v) is 7.32. The highest BCUT2D eigenvalue weighted by Crippen LogP contribution is 2.35. The van der Waals surface area contributed by atoms with Crippen LogP contribution in [0.3, 0.4) is 0 Å². The van der Waals surface area contributed by atoms with Crippen LogP contribution in [-0.4, -0.2) is 19.1 Å². The molecule has 0 saturated heterocycles. The van der Waals surface area contributed by atoms with Crippen molar-refractivity contribution < 1.29 is 9.53 Å². The first kappa shape index (κ1) is 13.7. The van der Waals surface area contributed by atoms with E-state index in [-0.39, 0.29) is 5.91 Å². The number of hydrogen-bond acceptors (Lipinski definition) is 2. The third-order valence-electron chi connectivity index (χ3n) is 3.74. The van der Waals surface area contributed by atoms with E-state index < -0.39 is 0 Å². The highest BCUT2D eigenvalue weighted by molar-refractivity contribution is 5.93. The number of fused-ring (bicyclic) bond motifs is 1. The predicted molar refractivity (Wildman–Crippen MR) is 84.3 cm³/mol. The van der Waals surface area contributed by atoms with Gasteiger partial charge in [-0.05, 0) is 41.7 Å². The van der Waals surface area contributed by atoms with Gasteiger partial charge in [0.1, 0.15) is 12.4 Å². The number of ether oxygens (including phenoxy) is 1. The normalized spacial score (nSPS) is 13.9. The van der Waals surface area contributed by atoms with Crippen LogP contribution in [0.5, 0.6) is 5.75 Å². The number of carbonyl (C=O) groups is 1. The summed E-state index contributed by atoms with van der Waals surface area (Å²) in [6.45, 7) is 4.79. The Balaban J connectivity index is 1.47. The van der Waals surface area contributed by atoms with Crippen molar-refractivity contribution in [2.75, 3.05) is 13.2 Å². The molecular formula is C18H19NO2. The standard InChI is InChI=1S/C18H19NO2/c1-13(14-6-7-14)18(20)19-10-11-21-17-9-8-15-4-2-3-5-16(15)12-17/h2-5,8-9,12,14H,1,6-7,10-11H2,(H,19,20). The molecule has 108 valence electrons. The second-order valence-electron chi connectivity index (χ2n) is 5.41. The van der Waals surface area contributed by atoms with Crippen LogP contribution in [0.2, 0.25) is 0 Å². The lowest BCUT2D eigenvalue weighted by Crippen LogP contribution is -2.29. The molecule has 1 aliphatic carbocycles. The van der Waals surface area contributed by atoms with Gasteiger partial charge in [0.2, 0.25) is 5.91 Å². The minimum atomic E-state index is -0.0420. The Hall–Kier alpha value is -2.29. The van der Waals surface area contributed by atoms with E-state index >= 15 is 0 Å². The summed E-state index contributed by atoms with van der Waals surface area (Å²) in [4.78, 5) is 11.7. The van der Waals surface area contributed by atoms with Crippen molar-refractivity contribution in [2.45, 2.75) is 12.8 Å². The average Bonchev–Trinajstić information content (AvgIpc) is 3.35. The van der Waals surface area contributed by atoms with Crippen molar-refractivity contribution in [1.29, 1.82) is 0 Å². The summed E-state index contributed by atoms with van der Waals surface area (Å²) in [7, 11) is 0. The van der Waals surface area contributed by atoms with Gasteiger partial charge < -0.3 is 10.1 Å². The molecule has 1 fully saturated rings. The van der Waals surface area contributed by atoms with E-state index in [2.05, 4.69) is 24.0 Å². The van der Waals surface area contributed by atoms with Crippen molar-refractivity contribution in [3.05, 3.63) is 54.6 Å². The fraction of sp³-hybridized carbons (Fsp3) is 0.278. The highest BCUT2D eigenvalue weighted by Gasteiger charge is 2.28. The van der Waals surface area contributed by atoms with Crippen LogP contribution in [-0.2, 0) is 4.79 Å². The van der Waals surface area contributed by atoms with Crippen LogP contribution >= 0.6 is 0 Å². The van der Waals surface area contributed by atoms with Gasteiger partial charge in [0.05, 0.1) is 6.54 Å². The smallest absolute Gasteiger partial charge is 0.247 e. The van der Waals surface area contributed by atoms with Gasteiger partial charge in [0.25, 0.3) is 0 Å². The van der Waals surface area contributed by atoms with Crippen molar-refractivity contribution >= 4 is 16.7 Å². The van der Waals surface area contributed by atoms with Crippen LogP contribution < -0.4 is 10.1 Å². The molecule has 0 radical (unpaired) electrons. The van der Waals surface area contributed by atoms with Crippen LogP contribution in [0.4, 0.5) is 0 Å². The van der Waals surface area contributed by atoms with E-state index in [1.54, 1.807) is 0 Å². The van der Waals surface area contributed by atoms with E-state index in [0.717, 1.165) is 24.0 Å². The average molecular weight is 281 g/mol. The summed E-state index contributed by atoms with van der Waals surface area (Å²) in [6, 6.07) is 14.2. The lowest BCUT2D eigenvalue weighted by Gasteiger charge is -2.09. The van der Waals surface area contributed by atoms with Crippen molar-refractivity contribution in [1.82, 2.24) is 5.32 Å². The van der Waals surface area contributed by atoms with Gasteiger partial charge in [-0.1, -0.05) is 36.9 Å². The van der Waals surface area contributed by atoms with Gasteiger partial charge in [-0.2, -0.15) is 0 Å². The Morgan fingerprint density at radius 1 is 1.19 bits per heavy atom. The Labute approximate surface area is 124 Å². The van der Waals surface area contributed by atoms with E-state index in [0.29, 0.717) is 24.6 Å². The summed E-state index contributed by atoms with van der Waals surface area (Å²) < 4.78 is 5.68. The van der Waals surface area contributed by atoms with Gasteiger partial charge >= 0.3 is 0 Å². The van der Waals surface area contributed by atoms with Crippen molar-refractivity contribution in [3.63, 3.8) is 0 Å². The maximum absolute atomic E-state index is 11.7. The molecular weight excluding hydrogens is 262 g/mol. The number of nitrogens with one attached hydrogen (secondary N) is 1. The van der Waals surface area contributed by atoms with E-state index in [9.17, 15) is 4.79 Å². The molecule has 0 unspecified atom stereocenters. The highest BCUT2D eigenvalue weighted by atomic mass is 16.5. The quantitative estimate of drug-likeness (QED) is 0.651. The molecule has 3 rings (SSSR count). The Morgan fingerprint density at radius 3 is 2.71 bits per heavy atom. The molecule has 3 heteroatoms. The maximum Gasteiger partial charge on any atom is 0.247 e. The third-order valence-corrected chi connectivity index (χ3v) is 3.74. The van der Waals surface area contributed by atoms with Gasteiger partial charge in [-0.15, -0.1) is 0 Å². The number of benzene rings is 2. The zero-order valence-electron chi connectivity index (χ0n) is 12.0. The Bertz CT molecular complexity index is 674. The predicted octanol–water partition coefficient (Wildman–Crippen LogP) is 3.30. The summed E-state index contributed by atoms with van der Waals surface area (Å²) >= 11 is 0. The third kappa shape index (κ3) is 3.43. The number of carbonyl (C=O) groups excluding carboxylic acids is 1. The van der Waals surface area contributed by atoms with E-state index in [1.807, 2.05) is 30.3 Å². The summed E-state index contributed by atoms with van der Waals surface area (Å²) in [5.41, 5.74) is 0.709. The van der Waals surface area contributed by atoms with E-state index in [1.165, 1.54) is 5.39 Å². The topological polar surface area (TPSA) is 38.3 Å². The SMILES string of the molecule is C=C(C(=O)NCCOc1ccc2ccccc2c1)C1CC1. The minimum absolute atomic E-state index is 0.0420.